The molecule has 1 aliphatic carbocycles. The van der Waals surface area contributed by atoms with E-state index in [1.165, 1.54) is 28.2 Å². The predicted molar refractivity (Wildman–Crippen MR) is 128 cm³/mol. The average Bonchev–Trinajstić information content (AvgIpc) is 3.15. The molecule has 0 aromatic carbocycles. The van der Waals surface area contributed by atoms with Crippen LogP contribution in [-0.4, -0.2) is 42.5 Å². The SMILES string of the molecule is COC(C)(C)[C@@H]1CCCN1[C](=[W])C1=CCC(O[Si](C(C)C)(C(C)C)C(C)C)=C[C@@H]1C. The fourth-order valence-electron chi connectivity index (χ4n) is 5.81. The Morgan fingerprint density at radius 1 is 1.13 bits per heavy atom. The summed E-state index contributed by atoms with van der Waals surface area (Å²) in [6, 6.07) is 0.465. The minimum absolute atomic E-state index is 0.114. The zero-order valence-electron chi connectivity index (χ0n) is 21.0. The van der Waals surface area contributed by atoms with Crippen LogP contribution in [0, 0.1) is 5.92 Å². The second-order valence-electron chi connectivity index (χ2n) is 10.7. The third kappa shape index (κ3) is 5.13. The second-order valence-corrected chi connectivity index (χ2v) is 17.4. The van der Waals surface area contributed by atoms with E-state index in [2.05, 4.69) is 79.4 Å². The Balaban J connectivity index is 2.20. The van der Waals surface area contributed by atoms with Gasteiger partial charge in [0, 0.05) is 0 Å². The summed E-state index contributed by atoms with van der Waals surface area (Å²) in [6.07, 6.45) is 8.28. The quantitative estimate of drug-likeness (QED) is 0.278. The molecule has 3 nitrogen and oxygen atoms in total. The molecular weight excluding hydrogens is 558 g/mol. The molecule has 0 saturated carbocycles. The first-order chi connectivity index (χ1) is 13.9. The van der Waals surface area contributed by atoms with Crippen LogP contribution >= 0.6 is 0 Å². The Morgan fingerprint density at radius 3 is 2.17 bits per heavy atom. The summed E-state index contributed by atoms with van der Waals surface area (Å²) in [5.41, 5.74) is 3.22. The third-order valence-electron chi connectivity index (χ3n) is 7.55. The molecule has 172 valence electrons. The normalized spacial score (nSPS) is 23.9. The Hall–Kier alpha value is -0.0248. The summed E-state index contributed by atoms with van der Waals surface area (Å²) in [7, 11) is -0.0372. The van der Waals surface area contributed by atoms with Gasteiger partial charge in [-0.3, -0.25) is 0 Å². The molecule has 1 aliphatic heterocycles. The van der Waals surface area contributed by atoms with Gasteiger partial charge in [0.25, 0.3) is 0 Å². The minimum atomic E-state index is -1.89. The van der Waals surface area contributed by atoms with Crippen molar-refractivity contribution in [3.8, 4) is 0 Å². The van der Waals surface area contributed by atoms with Crippen molar-refractivity contribution < 1.29 is 28.5 Å². The van der Waals surface area contributed by atoms with Gasteiger partial charge >= 0.3 is 199 Å². The number of rotatable bonds is 9. The van der Waals surface area contributed by atoms with Gasteiger partial charge < -0.3 is 0 Å². The molecule has 0 amide bonds. The molecule has 5 heteroatoms. The van der Waals surface area contributed by atoms with Crippen LogP contribution in [0.1, 0.15) is 81.6 Å². The molecule has 30 heavy (non-hydrogen) atoms. The Morgan fingerprint density at radius 2 is 1.70 bits per heavy atom. The predicted octanol–water partition coefficient (Wildman–Crippen LogP) is 6.59. The van der Waals surface area contributed by atoms with Crippen molar-refractivity contribution >= 4 is 12.3 Å². The number of ether oxygens (including phenoxy) is 1. The first-order valence-electron chi connectivity index (χ1n) is 11.8. The van der Waals surface area contributed by atoms with Gasteiger partial charge in [-0.2, -0.15) is 0 Å². The van der Waals surface area contributed by atoms with Gasteiger partial charge in [0.2, 0.25) is 0 Å². The third-order valence-corrected chi connectivity index (χ3v) is 15.3. The zero-order valence-corrected chi connectivity index (χ0v) is 25.0. The average molecular weight is 604 g/mol. The summed E-state index contributed by atoms with van der Waals surface area (Å²) in [5.74, 6) is 1.62. The van der Waals surface area contributed by atoms with Gasteiger partial charge in [-0.1, -0.05) is 0 Å². The first-order valence-corrected chi connectivity index (χ1v) is 15.4. The number of hydrogen-bond acceptors (Lipinski definition) is 3. The van der Waals surface area contributed by atoms with Crippen LogP contribution < -0.4 is 0 Å². The van der Waals surface area contributed by atoms with E-state index in [4.69, 9.17) is 9.16 Å². The summed E-state index contributed by atoms with van der Waals surface area (Å²) >= 11 is 1.56. The van der Waals surface area contributed by atoms with Crippen LogP contribution in [0.5, 0.6) is 0 Å². The summed E-state index contributed by atoms with van der Waals surface area (Å²) in [4.78, 5) is 2.64. The van der Waals surface area contributed by atoms with E-state index in [1.54, 1.807) is 19.4 Å². The maximum atomic E-state index is 7.00. The molecule has 2 rings (SSSR count). The van der Waals surface area contributed by atoms with Crippen LogP contribution in [0.25, 0.3) is 0 Å². The molecule has 1 heterocycles. The topological polar surface area (TPSA) is 21.7 Å². The molecule has 2 aliphatic rings. The molecule has 0 spiro atoms. The molecule has 0 unspecified atom stereocenters. The van der Waals surface area contributed by atoms with Gasteiger partial charge in [-0.25, -0.2) is 0 Å². The standard InChI is InChI=1S/C25H45NO2Si.W/c1-18(2)29(19(3)4,20(5)6)28-23-14-13-22(21(7)16-23)17-26-15-11-12-24(26)25(8,9)27-10;/h13,16,18-21,24H,11-12,14-15H2,1-10H3;/t21-,24-;/m0./s1. The van der Waals surface area contributed by atoms with Gasteiger partial charge in [0.15, 0.2) is 0 Å². The molecule has 2 atom stereocenters. The van der Waals surface area contributed by atoms with Crippen LogP contribution in [-0.2, 0) is 28.5 Å². The molecule has 1 fully saturated rings. The van der Waals surface area contributed by atoms with Crippen molar-refractivity contribution in [3.63, 3.8) is 0 Å². The number of likely N-dealkylation sites (tertiary alicyclic amines) is 1. The Bertz CT molecular complexity index is 659. The van der Waals surface area contributed by atoms with Crippen molar-refractivity contribution in [3.05, 3.63) is 23.5 Å². The fourth-order valence-corrected chi connectivity index (χ4v) is 12.9. The van der Waals surface area contributed by atoms with Crippen LogP contribution in [0.4, 0.5) is 0 Å². The Kier molecular flexibility index (Phi) is 8.98. The first kappa shape index (κ1) is 26.2. The van der Waals surface area contributed by atoms with Crippen molar-refractivity contribution in [2.24, 2.45) is 5.92 Å². The number of methoxy groups -OCH3 is 1. The van der Waals surface area contributed by atoms with E-state index >= 15 is 0 Å². The van der Waals surface area contributed by atoms with E-state index in [0.29, 0.717) is 28.6 Å². The van der Waals surface area contributed by atoms with E-state index in [9.17, 15) is 0 Å². The van der Waals surface area contributed by atoms with Crippen LogP contribution in [0.3, 0.4) is 0 Å². The summed E-state index contributed by atoms with van der Waals surface area (Å²) in [5, 5.41) is 0. The number of allylic oxidation sites excluding steroid dienone is 2. The van der Waals surface area contributed by atoms with Gasteiger partial charge in [-0.05, 0) is 0 Å². The molecule has 0 aromatic heterocycles. The Labute approximate surface area is 198 Å². The fraction of sp³-hybridized carbons (Fsp3) is 0.800. The molecule has 1 saturated heterocycles. The van der Waals surface area contributed by atoms with Gasteiger partial charge in [0.05, 0.1) is 0 Å². The number of hydrogen-bond donors (Lipinski definition) is 0. The zero-order chi connectivity index (χ0) is 22.9. The monoisotopic (exact) mass is 603 g/mol. The van der Waals surface area contributed by atoms with E-state index in [-0.39, 0.29) is 5.60 Å². The van der Waals surface area contributed by atoms with E-state index in [1.807, 2.05) is 7.11 Å². The molecule has 0 bridgehead atoms. The van der Waals surface area contributed by atoms with Crippen molar-refractivity contribution in [2.75, 3.05) is 13.7 Å². The second kappa shape index (κ2) is 10.3. The van der Waals surface area contributed by atoms with E-state index < -0.39 is 8.32 Å². The summed E-state index contributed by atoms with van der Waals surface area (Å²) in [6.45, 7) is 22.2. The summed E-state index contributed by atoms with van der Waals surface area (Å²) < 4.78 is 14.4. The molecule has 0 aromatic rings. The van der Waals surface area contributed by atoms with Crippen molar-refractivity contribution in [1.29, 1.82) is 0 Å². The number of nitrogens with zero attached hydrogens (tertiary/aromatic N) is 1. The molecule has 0 radical (unpaired) electrons. The van der Waals surface area contributed by atoms with Crippen molar-refractivity contribution in [1.82, 2.24) is 4.90 Å². The maximum absolute atomic E-state index is 7.00. The van der Waals surface area contributed by atoms with Gasteiger partial charge in [-0.15, -0.1) is 0 Å². The molecular formula is C25H45NO2SiW. The van der Waals surface area contributed by atoms with E-state index in [0.717, 1.165) is 13.0 Å². The van der Waals surface area contributed by atoms with Gasteiger partial charge in [0.1, 0.15) is 0 Å². The van der Waals surface area contributed by atoms with Crippen LogP contribution in [0.15, 0.2) is 23.5 Å². The van der Waals surface area contributed by atoms with Crippen molar-refractivity contribution in [2.45, 2.75) is 110 Å². The van der Waals surface area contributed by atoms with Crippen LogP contribution in [0.2, 0.25) is 16.6 Å². The molecule has 0 N–H and O–H groups in total.